The Morgan fingerprint density at radius 2 is 1.64 bits per heavy atom. The quantitative estimate of drug-likeness (QED) is 0.698. The molecule has 2 aromatic carbocycles. The Morgan fingerprint density at radius 1 is 1.00 bits per heavy atom. The number of hydrogen-bond donors (Lipinski definition) is 1. The average molecular weight is 386 g/mol. The lowest BCUT2D eigenvalue weighted by Crippen LogP contribution is -2.18. The monoisotopic (exact) mass is 386 g/mol. The first kappa shape index (κ1) is 19.3. The second-order valence-corrected chi connectivity index (χ2v) is 6.08. The Hall–Kier alpha value is -3.42. The van der Waals surface area contributed by atoms with Gasteiger partial charge in [-0.05, 0) is 43.3 Å². The van der Waals surface area contributed by atoms with E-state index in [0.717, 1.165) is 17.8 Å². The van der Waals surface area contributed by atoms with Crippen molar-refractivity contribution in [2.45, 2.75) is 13.1 Å². The Kier molecular flexibility index (Phi) is 5.30. The summed E-state index contributed by atoms with van der Waals surface area (Å²) in [5, 5.41) is 2.55. The molecule has 0 saturated heterocycles. The summed E-state index contributed by atoms with van der Waals surface area (Å²) in [6.45, 7) is 1.66. The normalized spacial score (nSPS) is 11.2. The number of aryl methyl sites for hydroxylation is 1. The number of rotatable bonds is 4. The number of hydrogen-bond acceptors (Lipinski definition) is 4. The first-order chi connectivity index (χ1) is 13.2. The molecule has 0 fully saturated rings. The van der Waals surface area contributed by atoms with Crippen LogP contribution in [0.2, 0.25) is 0 Å². The van der Waals surface area contributed by atoms with Crippen LogP contribution < -0.4 is 10.2 Å². The summed E-state index contributed by atoms with van der Waals surface area (Å²) in [7, 11) is 1.81. The van der Waals surface area contributed by atoms with E-state index in [1.54, 1.807) is 6.92 Å². The van der Waals surface area contributed by atoms with Gasteiger partial charge < -0.3 is 10.2 Å². The van der Waals surface area contributed by atoms with Crippen LogP contribution in [0.25, 0.3) is 0 Å². The Morgan fingerprint density at radius 3 is 2.25 bits per heavy atom. The van der Waals surface area contributed by atoms with Gasteiger partial charge in [-0.25, -0.2) is 9.97 Å². The topological polar surface area (TPSA) is 58.1 Å². The molecule has 0 aliphatic heterocycles. The van der Waals surface area contributed by atoms with Crippen molar-refractivity contribution in [1.29, 1.82) is 0 Å². The zero-order valence-corrected chi connectivity index (χ0v) is 15.2. The molecule has 1 heterocycles. The fourth-order valence-electron chi connectivity index (χ4n) is 2.56. The van der Waals surface area contributed by atoms with Gasteiger partial charge in [0.25, 0.3) is 5.91 Å². The lowest BCUT2D eigenvalue weighted by molar-refractivity contribution is -0.137. The van der Waals surface area contributed by atoms with Gasteiger partial charge in [-0.2, -0.15) is 13.2 Å². The van der Waals surface area contributed by atoms with Gasteiger partial charge in [0, 0.05) is 24.5 Å². The fourth-order valence-corrected chi connectivity index (χ4v) is 2.56. The molecule has 8 heteroatoms. The number of nitrogens with one attached hydrogen (secondary N) is 1. The summed E-state index contributed by atoms with van der Waals surface area (Å²) in [5.74, 6) is 0.391. The van der Waals surface area contributed by atoms with Crippen LogP contribution in [0, 0.1) is 6.92 Å². The first-order valence-electron chi connectivity index (χ1n) is 8.37. The van der Waals surface area contributed by atoms with Crippen LogP contribution in [-0.4, -0.2) is 22.9 Å². The molecule has 0 saturated carbocycles. The molecule has 0 radical (unpaired) electrons. The lowest BCUT2D eigenvalue weighted by atomic mass is 10.2. The van der Waals surface area contributed by atoms with Crippen molar-refractivity contribution in [3.05, 3.63) is 77.7 Å². The van der Waals surface area contributed by atoms with E-state index in [1.807, 2.05) is 42.3 Å². The number of carbonyl (C=O) groups excluding carboxylic acids is 1. The Bertz CT molecular complexity index is 973. The maximum Gasteiger partial charge on any atom is 0.416 e. The highest BCUT2D eigenvalue weighted by Crippen LogP contribution is 2.30. The van der Waals surface area contributed by atoms with Crippen molar-refractivity contribution in [1.82, 2.24) is 9.97 Å². The summed E-state index contributed by atoms with van der Waals surface area (Å²) < 4.78 is 37.9. The zero-order valence-electron chi connectivity index (χ0n) is 15.2. The van der Waals surface area contributed by atoms with E-state index >= 15 is 0 Å². The van der Waals surface area contributed by atoms with E-state index in [-0.39, 0.29) is 11.4 Å². The summed E-state index contributed by atoms with van der Waals surface area (Å²) in [4.78, 5) is 22.8. The highest BCUT2D eigenvalue weighted by molar-refractivity contribution is 6.03. The SMILES string of the molecule is Cc1nc(C(=O)Nc2ccc(C(F)(F)F)cc2)cc(N(C)c2ccccc2)n1. The smallest absolute Gasteiger partial charge is 0.329 e. The molecule has 0 unspecified atom stereocenters. The molecule has 0 bridgehead atoms. The molecule has 1 N–H and O–H groups in total. The van der Waals surface area contributed by atoms with Gasteiger partial charge in [0.2, 0.25) is 0 Å². The number of benzene rings is 2. The van der Waals surface area contributed by atoms with Gasteiger partial charge in [-0.15, -0.1) is 0 Å². The third kappa shape index (κ3) is 4.46. The second kappa shape index (κ2) is 7.67. The molecule has 1 amide bonds. The third-order valence-electron chi connectivity index (χ3n) is 4.01. The first-order valence-corrected chi connectivity index (χ1v) is 8.37. The van der Waals surface area contributed by atoms with Crippen LogP contribution in [0.4, 0.5) is 30.4 Å². The second-order valence-electron chi connectivity index (χ2n) is 6.08. The minimum absolute atomic E-state index is 0.116. The maximum atomic E-state index is 12.6. The van der Waals surface area contributed by atoms with Crippen LogP contribution in [0.15, 0.2) is 60.7 Å². The number of aromatic nitrogens is 2. The summed E-state index contributed by atoms with van der Waals surface area (Å²) in [6.07, 6.45) is -4.43. The van der Waals surface area contributed by atoms with Crippen molar-refractivity contribution >= 4 is 23.1 Å². The molecule has 28 heavy (non-hydrogen) atoms. The number of alkyl halides is 3. The van der Waals surface area contributed by atoms with Gasteiger partial charge >= 0.3 is 6.18 Å². The highest BCUT2D eigenvalue weighted by atomic mass is 19.4. The third-order valence-corrected chi connectivity index (χ3v) is 4.01. The predicted molar refractivity (Wildman–Crippen MR) is 101 cm³/mol. The molecule has 0 aliphatic carbocycles. The van der Waals surface area contributed by atoms with Crippen LogP contribution in [-0.2, 0) is 6.18 Å². The maximum absolute atomic E-state index is 12.6. The van der Waals surface area contributed by atoms with E-state index in [4.69, 9.17) is 0 Å². The molecule has 3 aromatic rings. The number of para-hydroxylation sites is 1. The minimum atomic E-state index is -4.43. The fraction of sp³-hybridized carbons (Fsp3) is 0.150. The molecular weight excluding hydrogens is 369 g/mol. The number of amides is 1. The predicted octanol–water partition coefficient (Wildman–Crippen LogP) is 4.82. The number of anilines is 3. The Labute approximate surface area is 159 Å². The number of carbonyl (C=O) groups is 1. The number of nitrogens with zero attached hydrogens (tertiary/aromatic N) is 3. The van der Waals surface area contributed by atoms with Gasteiger partial charge in [-0.3, -0.25) is 4.79 Å². The molecule has 144 valence electrons. The number of halogens is 3. The van der Waals surface area contributed by atoms with E-state index in [0.29, 0.717) is 11.6 Å². The molecular formula is C20H17F3N4O. The van der Waals surface area contributed by atoms with E-state index < -0.39 is 17.6 Å². The van der Waals surface area contributed by atoms with Crippen molar-refractivity contribution in [3.8, 4) is 0 Å². The summed E-state index contributed by atoms with van der Waals surface area (Å²) in [5.41, 5.74) is 0.460. The molecule has 1 aromatic heterocycles. The molecule has 3 rings (SSSR count). The largest absolute Gasteiger partial charge is 0.416 e. The van der Waals surface area contributed by atoms with Crippen LogP contribution in [0.1, 0.15) is 21.9 Å². The molecule has 5 nitrogen and oxygen atoms in total. The summed E-state index contributed by atoms with van der Waals surface area (Å²) >= 11 is 0. The van der Waals surface area contributed by atoms with Crippen molar-refractivity contribution < 1.29 is 18.0 Å². The van der Waals surface area contributed by atoms with Crippen molar-refractivity contribution in [2.24, 2.45) is 0 Å². The molecule has 0 atom stereocenters. The van der Waals surface area contributed by atoms with Crippen LogP contribution in [0.3, 0.4) is 0 Å². The van der Waals surface area contributed by atoms with E-state index in [2.05, 4.69) is 15.3 Å². The van der Waals surface area contributed by atoms with Crippen molar-refractivity contribution in [2.75, 3.05) is 17.3 Å². The van der Waals surface area contributed by atoms with Crippen molar-refractivity contribution in [3.63, 3.8) is 0 Å². The van der Waals surface area contributed by atoms with Gasteiger partial charge in [0.15, 0.2) is 0 Å². The average Bonchev–Trinajstić information content (AvgIpc) is 2.67. The molecule has 0 aliphatic rings. The zero-order chi connectivity index (χ0) is 20.3. The lowest BCUT2D eigenvalue weighted by Gasteiger charge is -2.19. The van der Waals surface area contributed by atoms with E-state index in [9.17, 15) is 18.0 Å². The summed E-state index contributed by atoms with van der Waals surface area (Å²) in [6, 6.07) is 15.2. The van der Waals surface area contributed by atoms with E-state index in [1.165, 1.54) is 18.2 Å². The minimum Gasteiger partial charge on any atom is -0.329 e. The standard InChI is InChI=1S/C20H17F3N4O/c1-13-24-17(12-18(25-13)27(2)16-6-4-3-5-7-16)19(28)26-15-10-8-14(9-11-15)20(21,22)23/h3-12H,1-2H3,(H,26,28). The van der Waals surface area contributed by atoms with Gasteiger partial charge in [0.05, 0.1) is 5.56 Å². The highest BCUT2D eigenvalue weighted by Gasteiger charge is 2.30. The Balaban J connectivity index is 1.81. The van der Waals surface area contributed by atoms with Crippen LogP contribution >= 0.6 is 0 Å². The molecule has 0 spiro atoms. The van der Waals surface area contributed by atoms with Crippen LogP contribution in [0.5, 0.6) is 0 Å². The van der Waals surface area contributed by atoms with Gasteiger partial charge in [-0.1, -0.05) is 18.2 Å². The van der Waals surface area contributed by atoms with Gasteiger partial charge in [0.1, 0.15) is 17.3 Å².